The molecule has 1 heterocycles. The van der Waals surface area contributed by atoms with Crippen LogP contribution < -0.4 is 4.74 Å². The maximum absolute atomic E-state index is 5.39. The smallest absolute Gasteiger partial charge is 0.122 e. The van der Waals surface area contributed by atoms with Crippen molar-refractivity contribution in [1.82, 2.24) is 4.98 Å². The zero-order valence-corrected chi connectivity index (χ0v) is 13.1. The van der Waals surface area contributed by atoms with Crippen LogP contribution in [0, 0.1) is 0 Å². The van der Waals surface area contributed by atoms with Gasteiger partial charge < -0.3 is 4.74 Å². The maximum atomic E-state index is 5.39. The number of aromatic nitrogens is 1. The van der Waals surface area contributed by atoms with E-state index < -0.39 is 0 Å². The molecule has 1 aromatic carbocycles. The first kappa shape index (κ1) is 14.4. The topological polar surface area (TPSA) is 22.1 Å². The quantitative estimate of drug-likeness (QED) is 0.809. The van der Waals surface area contributed by atoms with E-state index in [-0.39, 0.29) is 0 Å². The molecule has 0 N–H and O–H groups in total. The maximum Gasteiger partial charge on any atom is 0.122 e. The molecule has 0 aliphatic carbocycles. The van der Waals surface area contributed by atoms with Gasteiger partial charge in [-0.25, -0.2) is 4.98 Å². The molecule has 0 atom stereocenters. The van der Waals surface area contributed by atoms with Crippen molar-refractivity contribution in [3.63, 3.8) is 0 Å². The highest BCUT2D eigenvalue weighted by Gasteiger charge is 2.11. The van der Waals surface area contributed by atoms with E-state index in [0.717, 1.165) is 35.8 Å². The van der Waals surface area contributed by atoms with Gasteiger partial charge in [0.05, 0.1) is 17.8 Å². The molecule has 102 valence electrons. The molecule has 0 amide bonds. The number of rotatable bonds is 6. The number of aryl methyl sites for hydroxylation is 1. The summed E-state index contributed by atoms with van der Waals surface area (Å²) in [5, 5.41) is 1.15. The van der Waals surface area contributed by atoms with Crippen molar-refractivity contribution < 1.29 is 4.74 Å². The number of para-hydroxylation sites is 1. The molecule has 19 heavy (non-hydrogen) atoms. The van der Waals surface area contributed by atoms with Crippen LogP contribution in [0.5, 0.6) is 5.75 Å². The van der Waals surface area contributed by atoms with Gasteiger partial charge in [-0.15, -0.1) is 11.3 Å². The van der Waals surface area contributed by atoms with E-state index >= 15 is 0 Å². The van der Waals surface area contributed by atoms with Crippen LogP contribution in [0.4, 0.5) is 0 Å². The van der Waals surface area contributed by atoms with Crippen LogP contribution >= 0.6 is 24.0 Å². The summed E-state index contributed by atoms with van der Waals surface area (Å²) in [7, 11) is 1.71. The Labute approximate surface area is 124 Å². The number of methoxy groups -OCH3 is 1. The zero-order valence-electron chi connectivity index (χ0n) is 11.3. The largest absolute Gasteiger partial charge is 0.496 e. The monoisotopic (exact) mass is 293 g/mol. The van der Waals surface area contributed by atoms with E-state index in [2.05, 4.69) is 25.6 Å². The second kappa shape index (κ2) is 6.96. The number of ether oxygens (including phenoxy) is 1. The number of thiazole rings is 1. The lowest BCUT2D eigenvalue weighted by molar-refractivity contribution is 0.410. The van der Waals surface area contributed by atoms with Crippen molar-refractivity contribution in [2.75, 3.05) is 7.11 Å². The average Bonchev–Trinajstić information content (AvgIpc) is 2.82. The van der Waals surface area contributed by atoms with E-state index in [4.69, 9.17) is 9.72 Å². The summed E-state index contributed by atoms with van der Waals surface area (Å²) in [4.78, 5) is 6.06. The molecular weight excluding hydrogens is 274 g/mol. The Morgan fingerprint density at radius 3 is 2.79 bits per heavy atom. The summed E-state index contributed by atoms with van der Waals surface area (Å²) in [5.74, 6) is 1.71. The van der Waals surface area contributed by atoms with E-state index in [1.54, 1.807) is 18.4 Å². The molecule has 2 rings (SSSR count). The third-order valence-electron chi connectivity index (χ3n) is 2.99. The molecular formula is C15H19NOS2. The molecule has 0 unspecified atom stereocenters. The first-order valence-electron chi connectivity index (χ1n) is 6.48. The number of nitrogens with zero attached hydrogens (tertiary/aromatic N) is 1. The normalized spacial score (nSPS) is 10.7. The molecule has 0 aliphatic heterocycles. The molecule has 0 bridgehead atoms. The fourth-order valence-electron chi connectivity index (χ4n) is 2.08. The van der Waals surface area contributed by atoms with E-state index in [1.807, 2.05) is 18.2 Å². The number of hydrogen-bond acceptors (Lipinski definition) is 4. The van der Waals surface area contributed by atoms with Crippen LogP contribution in [-0.4, -0.2) is 12.1 Å². The van der Waals surface area contributed by atoms with Crippen LogP contribution in [0.15, 0.2) is 24.3 Å². The van der Waals surface area contributed by atoms with Crippen molar-refractivity contribution in [3.05, 3.63) is 45.4 Å². The summed E-state index contributed by atoms with van der Waals surface area (Å²) >= 11 is 6.17. The molecule has 0 spiro atoms. The lowest BCUT2D eigenvalue weighted by atomic mass is 10.1. The van der Waals surface area contributed by atoms with Crippen LogP contribution in [-0.2, 0) is 18.6 Å². The van der Waals surface area contributed by atoms with Crippen LogP contribution in [0.2, 0.25) is 0 Å². The van der Waals surface area contributed by atoms with Crippen molar-refractivity contribution in [2.45, 2.75) is 31.9 Å². The van der Waals surface area contributed by atoms with Crippen LogP contribution in [0.3, 0.4) is 0 Å². The van der Waals surface area contributed by atoms with Gasteiger partial charge in [0.15, 0.2) is 0 Å². The molecule has 0 fully saturated rings. The van der Waals surface area contributed by atoms with Crippen molar-refractivity contribution >= 4 is 24.0 Å². The Morgan fingerprint density at radius 1 is 1.32 bits per heavy atom. The highest BCUT2D eigenvalue weighted by Crippen LogP contribution is 2.27. The van der Waals surface area contributed by atoms with Gasteiger partial charge >= 0.3 is 0 Å². The fraction of sp³-hybridized carbons (Fsp3) is 0.400. The second-order valence-electron chi connectivity index (χ2n) is 4.37. The molecule has 1 aromatic heterocycles. The summed E-state index contributed by atoms with van der Waals surface area (Å²) < 4.78 is 5.39. The minimum atomic E-state index is 0.777. The van der Waals surface area contributed by atoms with Crippen molar-refractivity contribution in [1.29, 1.82) is 0 Å². The van der Waals surface area contributed by atoms with E-state index in [9.17, 15) is 0 Å². The molecule has 0 aliphatic rings. The van der Waals surface area contributed by atoms with Crippen LogP contribution in [0.1, 0.15) is 34.5 Å². The van der Waals surface area contributed by atoms with Gasteiger partial charge in [-0.05, 0) is 12.5 Å². The summed E-state index contributed by atoms with van der Waals surface area (Å²) in [6, 6.07) is 8.12. The molecule has 2 nitrogen and oxygen atoms in total. The Balaban J connectivity index is 2.23. The van der Waals surface area contributed by atoms with Gasteiger partial charge in [0.1, 0.15) is 5.75 Å². The Morgan fingerprint density at radius 2 is 2.11 bits per heavy atom. The molecule has 0 radical (unpaired) electrons. The Bertz CT molecular complexity index is 537. The standard InChI is InChI=1S/C15H19NOS2/c1-3-6-12-14(10-18)19-15(16-12)9-11-7-4-5-8-13(11)17-2/h4-5,7-8,18H,3,6,9-10H2,1-2H3. The van der Waals surface area contributed by atoms with Gasteiger partial charge in [-0.1, -0.05) is 31.5 Å². The van der Waals surface area contributed by atoms with E-state index in [1.165, 1.54) is 16.1 Å². The molecule has 0 saturated carbocycles. The van der Waals surface area contributed by atoms with Crippen molar-refractivity contribution in [2.24, 2.45) is 0 Å². The van der Waals surface area contributed by atoms with Gasteiger partial charge in [0.25, 0.3) is 0 Å². The summed E-state index contributed by atoms with van der Waals surface area (Å²) in [6.45, 7) is 2.18. The summed E-state index contributed by atoms with van der Waals surface area (Å²) in [6.07, 6.45) is 3.00. The lowest BCUT2D eigenvalue weighted by Gasteiger charge is -2.05. The minimum Gasteiger partial charge on any atom is -0.496 e. The minimum absolute atomic E-state index is 0.777. The Hall–Kier alpha value is -1.00. The third kappa shape index (κ3) is 3.51. The highest BCUT2D eigenvalue weighted by atomic mass is 32.1. The predicted octanol–water partition coefficient (Wildman–Crippen LogP) is 4.12. The predicted molar refractivity (Wildman–Crippen MR) is 84.6 cm³/mol. The van der Waals surface area contributed by atoms with Gasteiger partial charge in [-0.3, -0.25) is 0 Å². The van der Waals surface area contributed by atoms with Gasteiger partial charge in [0.2, 0.25) is 0 Å². The van der Waals surface area contributed by atoms with E-state index in [0.29, 0.717) is 0 Å². The molecule has 4 heteroatoms. The van der Waals surface area contributed by atoms with Gasteiger partial charge in [-0.2, -0.15) is 12.6 Å². The first-order valence-corrected chi connectivity index (χ1v) is 7.93. The number of benzene rings is 1. The second-order valence-corrected chi connectivity index (χ2v) is 5.86. The fourth-order valence-corrected chi connectivity index (χ4v) is 3.45. The average molecular weight is 293 g/mol. The zero-order chi connectivity index (χ0) is 13.7. The van der Waals surface area contributed by atoms with Crippen LogP contribution in [0.25, 0.3) is 0 Å². The van der Waals surface area contributed by atoms with Gasteiger partial charge in [0, 0.05) is 22.6 Å². The number of thiol groups is 1. The number of hydrogen-bond donors (Lipinski definition) is 1. The Kier molecular flexibility index (Phi) is 5.28. The molecule has 2 aromatic rings. The molecule has 0 saturated heterocycles. The lowest BCUT2D eigenvalue weighted by Crippen LogP contribution is -1.94. The SMILES string of the molecule is CCCc1nc(Cc2ccccc2OC)sc1CS. The first-order chi connectivity index (χ1) is 9.28. The van der Waals surface area contributed by atoms with Crippen molar-refractivity contribution in [3.8, 4) is 5.75 Å². The summed E-state index contributed by atoms with van der Waals surface area (Å²) in [5.41, 5.74) is 2.40. The highest BCUT2D eigenvalue weighted by molar-refractivity contribution is 7.79. The third-order valence-corrected chi connectivity index (χ3v) is 4.61.